The summed E-state index contributed by atoms with van der Waals surface area (Å²) < 4.78 is 11.7. The van der Waals surface area contributed by atoms with Crippen LogP contribution in [0.3, 0.4) is 0 Å². The summed E-state index contributed by atoms with van der Waals surface area (Å²) in [7, 11) is 0. The Hall–Kier alpha value is -2.32. The minimum Gasteiger partial charge on any atom is -0.493 e. The number of carboxylic acid groups (broad SMARTS) is 1. The molecule has 1 saturated heterocycles. The first-order chi connectivity index (χ1) is 13.6. The molecule has 1 N–H and O–H groups in total. The maximum Gasteiger partial charge on any atom is 0.335 e. The Labute approximate surface area is 169 Å². The zero-order valence-corrected chi connectivity index (χ0v) is 16.9. The summed E-state index contributed by atoms with van der Waals surface area (Å²) >= 11 is 1.57. The summed E-state index contributed by atoms with van der Waals surface area (Å²) in [5.41, 5.74) is 1.10. The number of thioether (sulfide) groups is 1. The molecule has 2 aromatic rings. The molecule has 0 bridgehead atoms. The van der Waals surface area contributed by atoms with Gasteiger partial charge in [0.2, 0.25) is 0 Å². The van der Waals surface area contributed by atoms with Gasteiger partial charge in [-0.15, -0.1) is 22.0 Å². The fourth-order valence-corrected chi connectivity index (χ4v) is 3.49. The number of carboxylic acids is 1. The molecule has 1 unspecified atom stereocenters. The van der Waals surface area contributed by atoms with Gasteiger partial charge in [-0.3, -0.25) is 0 Å². The van der Waals surface area contributed by atoms with E-state index < -0.39 is 5.97 Å². The van der Waals surface area contributed by atoms with Crippen molar-refractivity contribution in [1.82, 2.24) is 10.2 Å². The number of morpholine rings is 1. The zero-order valence-electron chi connectivity index (χ0n) is 16.1. The van der Waals surface area contributed by atoms with Gasteiger partial charge in [0.15, 0.2) is 5.82 Å². The fraction of sp³-hybridized carbons (Fsp3) is 0.450. The molecule has 1 fully saturated rings. The Morgan fingerprint density at radius 2 is 2.21 bits per heavy atom. The van der Waals surface area contributed by atoms with Crippen LogP contribution in [-0.2, 0) is 11.2 Å². The molecule has 3 rings (SSSR count). The predicted octanol–water partition coefficient (Wildman–Crippen LogP) is 3.13. The van der Waals surface area contributed by atoms with Crippen LogP contribution in [0.5, 0.6) is 5.75 Å². The van der Waals surface area contributed by atoms with Crippen molar-refractivity contribution in [1.29, 1.82) is 0 Å². The van der Waals surface area contributed by atoms with E-state index >= 15 is 0 Å². The molecule has 1 aromatic heterocycles. The Morgan fingerprint density at radius 3 is 2.89 bits per heavy atom. The van der Waals surface area contributed by atoms with E-state index in [0.717, 1.165) is 35.9 Å². The van der Waals surface area contributed by atoms with Gasteiger partial charge in [-0.1, -0.05) is 6.92 Å². The van der Waals surface area contributed by atoms with E-state index in [4.69, 9.17) is 9.47 Å². The van der Waals surface area contributed by atoms with Gasteiger partial charge in [0.1, 0.15) is 10.8 Å². The summed E-state index contributed by atoms with van der Waals surface area (Å²) in [6, 6.07) is 9.09. The second kappa shape index (κ2) is 9.75. The van der Waals surface area contributed by atoms with E-state index in [9.17, 15) is 9.90 Å². The highest BCUT2D eigenvalue weighted by Gasteiger charge is 2.22. The van der Waals surface area contributed by atoms with Crippen molar-refractivity contribution >= 4 is 23.5 Å². The number of aromatic carboxylic acids is 1. The van der Waals surface area contributed by atoms with Crippen molar-refractivity contribution in [3.05, 3.63) is 41.5 Å². The molecular formula is C20H25N3O4S. The Bertz CT molecular complexity index is 801. The largest absolute Gasteiger partial charge is 0.493 e. The van der Waals surface area contributed by atoms with E-state index in [1.54, 1.807) is 30.0 Å². The standard InChI is InChI=1S/C20H25N3O4S/c1-3-14-12-15(4-5-17(14)20(24)25)26-10-8-16-13-23(9-11-27-16)18-6-7-19(28-2)22-21-18/h4-7,12,16H,3,8-11,13H2,1-2H3,(H,24,25). The average molecular weight is 404 g/mol. The van der Waals surface area contributed by atoms with Gasteiger partial charge in [0.05, 0.1) is 24.9 Å². The minimum atomic E-state index is -0.909. The lowest BCUT2D eigenvalue weighted by Crippen LogP contribution is -2.43. The normalized spacial score (nSPS) is 16.8. The van der Waals surface area contributed by atoms with Gasteiger partial charge in [-0.2, -0.15) is 0 Å². The van der Waals surface area contributed by atoms with Crippen molar-refractivity contribution in [2.24, 2.45) is 0 Å². The van der Waals surface area contributed by atoms with Crippen LogP contribution < -0.4 is 9.64 Å². The maximum atomic E-state index is 11.2. The van der Waals surface area contributed by atoms with Gasteiger partial charge >= 0.3 is 5.97 Å². The van der Waals surface area contributed by atoms with Crippen LogP contribution in [0.15, 0.2) is 35.4 Å². The summed E-state index contributed by atoms with van der Waals surface area (Å²) in [5.74, 6) is 0.643. The lowest BCUT2D eigenvalue weighted by atomic mass is 10.1. The molecule has 8 heteroatoms. The molecule has 0 saturated carbocycles. The molecule has 0 amide bonds. The number of anilines is 1. The number of rotatable bonds is 8. The summed E-state index contributed by atoms with van der Waals surface area (Å²) in [6.07, 6.45) is 3.43. The highest BCUT2D eigenvalue weighted by atomic mass is 32.2. The van der Waals surface area contributed by atoms with E-state index in [1.165, 1.54) is 0 Å². The lowest BCUT2D eigenvalue weighted by molar-refractivity contribution is 0.0265. The quantitative estimate of drug-likeness (QED) is 0.673. The summed E-state index contributed by atoms with van der Waals surface area (Å²) in [4.78, 5) is 13.4. The van der Waals surface area contributed by atoms with Crippen LogP contribution in [0.1, 0.15) is 29.3 Å². The van der Waals surface area contributed by atoms with E-state index in [0.29, 0.717) is 30.9 Å². The molecule has 1 aliphatic heterocycles. The van der Waals surface area contributed by atoms with Crippen LogP contribution >= 0.6 is 11.8 Å². The van der Waals surface area contributed by atoms with Gasteiger partial charge in [-0.05, 0) is 48.6 Å². The highest BCUT2D eigenvalue weighted by molar-refractivity contribution is 7.98. The molecule has 2 heterocycles. The Kier molecular flexibility index (Phi) is 7.11. The summed E-state index contributed by atoms with van der Waals surface area (Å²) in [5, 5.41) is 18.6. The van der Waals surface area contributed by atoms with E-state index in [1.807, 2.05) is 25.3 Å². The number of ether oxygens (including phenoxy) is 2. The van der Waals surface area contributed by atoms with Crippen LogP contribution in [0.4, 0.5) is 5.82 Å². The van der Waals surface area contributed by atoms with E-state index in [-0.39, 0.29) is 6.10 Å². The third kappa shape index (κ3) is 5.14. The first kappa shape index (κ1) is 20.4. The third-order valence-electron chi connectivity index (χ3n) is 4.69. The topological polar surface area (TPSA) is 84.8 Å². The molecule has 1 atom stereocenters. The molecule has 0 spiro atoms. The highest BCUT2D eigenvalue weighted by Crippen LogP contribution is 2.21. The fourth-order valence-electron chi connectivity index (χ4n) is 3.16. The third-order valence-corrected chi connectivity index (χ3v) is 5.33. The van der Waals surface area contributed by atoms with Crippen molar-refractivity contribution in [2.45, 2.75) is 30.9 Å². The van der Waals surface area contributed by atoms with Crippen LogP contribution in [-0.4, -0.2) is 59.9 Å². The predicted molar refractivity (Wildman–Crippen MR) is 109 cm³/mol. The smallest absolute Gasteiger partial charge is 0.335 e. The molecule has 28 heavy (non-hydrogen) atoms. The van der Waals surface area contributed by atoms with Gasteiger partial charge in [-0.25, -0.2) is 4.79 Å². The van der Waals surface area contributed by atoms with Crippen LogP contribution in [0, 0.1) is 0 Å². The van der Waals surface area contributed by atoms with Gasteiger partial charge in [0, 0.05) is 19.5 Å². The number of nitrogens with zero attached hydrogens (tertiary/aromatic N) is 3. The molecule has 1 aliphatic rings. The summed E-state index contributed by atoms with van der Waals surface area (Å²) in [6.45, 7) is 4.62. The number of aryl methyl sites for hydroxylation is 1. The molecular weight excluding hydrogens is 378 g/mol. The number of carbonyl (C=O) groups is 1. The first-order valence-electron chi connectivity index (χ1n) is 9.34. The molecule has 150 valence electrons. The van der Waals surface area contributed by atoms with Crippen LogP contribution in [0.25, 0.3) is 0 Å². The molecule has 7 nitrogen and oxygen atoms in total. The van der Waals surface area contributed by atoms with Crippen molar-refractivity contribution in [3.8, 4) is 5.75 Å². The Balaban J connectivity index is 1.52. The second-order valence-corrected chi connectivity index (χ2v) is 7.31. The number of hydrogen-bond donors (Lipinski definition) is 1. The second-order valence-electron chi connectivity index (χ2n) is 6.49. The Morgan fingerprint density at radius 1 is 1.36 bits per heavy atom. The van der Waals surface area contributed by atoms with Crippen LogP contribution in [0.2, 0.25) is 0 Å². The SMILES string of the molecule is CCc1cc(OCCC2CN(c3ccc(SC)nn3)CCO2)ccc1C(=O)O. The van der Waals surface area contributed by atoms with Gasteiger partial charge < -0.3 is 19.5 Å². The van der Waals surface area contributed by atoms with Crippen molar-refractivity contribution in [2.75, 3.05) is 37.5 Å². The van der Waals surface area contributed by atoms with Crippen molar-refractivity contribution in [3.63, 3.8) is 0 Å². The molecule has 0 radical (unpaired) electrons. The number of benzene rings is 1. The number of aromatic nitrogens is 2. The molecule has 1 aromatic carbocycles. The van der Waals surface area contributed by atoms with Crippen molar-refractivity contribution < 1.29 is 19.4 Å². The first-order valence-corrected chi connectivity index (χ1v) is 10.6. The maximum absolute atomic E-state index is 11.2. The minimum absolute atomic E-state index is 0.0553. The zero-order chi connectivity index (χ0) is 19.9. The lowest BCUT2D eigenvalue weighted by Gasteiger charge is -2.33. The molecule has 0 aliphatic carbocycles. The van der Waals surface area contributed by atoms with Gasteiger partial charge in [0.25, 0.3) is 0 Å². The number of hydrogen-bond acceptors (Lipinski definition) is 7. The van der Waals surface area contributed by atoms with E-state index in [2.05, 4.69) is 15.1 Å². The average Bonchev–Trinajstić information content (AvgIpc) is 2.73. The monoisotopic (exact) mass is 403 g/mol.